The molecule has 1 aromatic rings. The van der Waals surface area contributed by atoms with E-state index in [0.717, 1.165) is 5.82 Å². The molecular weight excluding hydrogens is 258 g/mol. The van der Waals surface area contributed by atoms with Crippen LogP contribution < -0.4 is 10.6 Å². The van der Waals surface area contributed by atoms with Gasteiger partial charge in [0, 0.05) is 24.8 Å². The number of nitrogens with zero attached hydrogens (tertiary/aromatic N) is 2. The molecule has 0 aliphatic rings. The third kappa shape index (κ3) is 3.91. The minimum Gasteiger partial charge on any atom is -0.465 e. The van der Waals surface area contributed by atoms with Crippen molar-refractivity contribution in [1.82, 2.24) is 4.98 Å². The molecule has 0 bridgehead atoms. The second-order valence-electron chi connectivity index (χ2n) is 4.88. The lowest BCUT2D eigenvalue weighted by Crippen LogP contribution is -2.38. The van der Waals surface area contributed by atoms with E-state index in [1.54, 1.807) is 19.1 Å². The van der Waals surface area contributed by atoms with Crippen molar-refractivity contribution in [2.75, 3.05) is 18.6 Å². The van der Waals surface area contributed by atoms with Crippen LogP contribution in [0.3, 0.4) is 0 Å². The molecule has 0 amide bonds. The zero-order valence-electron chi connectivity index (χ0n) is 12.4. The molecule has 2 atom stereocenters. The molecule has 6 heteroatoms. The van der Waals surface area contributed by atoms with Crippen molar-refractivity contribution < 1.29 is 14.6 Å². The zero-order chi connectivity index (χ0) is 15.3. The molecule has 0 unspecified atom stereocenters. The largest absolute Gasteiger partial charge is 0.465 e. The fourth-order valence-electron chi connectivity index (χ4n) is 1.62. The van der Waals surface area contributed by atoms with Crippen molar-refractivity contribution in [3.8, 4) is 0 Å². The van der Waals surface area contributed by atoms with Gasteiger partial charge in [-0.2, -0.15) is 0 Å². The van der Waals surface area contributed by atoms with Gasteiger partial charge in [0.15, 0.2) is 0 Å². The van der Waals surface area contributed by atoms with Gasteiger partial charge in [0.05, 0.1) is 6.61 Å². The zero-order valence-corrected chi connectivity index (χ0v) is 12.4. The lowest BCUT2D eigenvalue weighted by molar-refractivity contribution is -0.147. The Morgan fingerprint density at radius 3 is 2.60 bits per heavy atom. The number of aliphatic hydroxyl groups is 1. The molecule has 1 heterocycles. The number of rotatable bonds is 6. The van der Waals surface area contributed by atoms with Crippen LogP contribution in [0.2, 0.25) is 0 Å². The average Bonchev–Trinajstić information content (AvgIpc) is 2.45. The highest BCUT2D eigenvalue weighted by molar-refractivity contribution is 5.76. The van der Waals surface area contributed by atoms with Crippen LogP contribution in [0.5, 0.6) is 0 Å². The first-order valence-electron chi connectivity index (χ1n) is 6.67. The van der Waals surface area contributed by atoms with Crippen LogP contribution in [0, 0.1) is 0 Å². The molecule has 0 fully saturated rings. The molecule has 0 aliphatic carbocycles. The molecule has 0 aromatic carbocycles. The number of ether oxygens (including phenoxy) is 1. The molecule has 0 saturated carbocycles. The van der Waals surface area contributed by atoms with Crippen molar-refractivity contribution in [1.29, 1.82) is 0 Å². The minimum absolute atomic E-state index is 0.232. The van der Waals surface area contributed by atoms with Gasteiger partial charge in [0.2, 0.25) is 0 Å². The van der Waals surface area contributed by atoms with E-state index >= 15 is 0 Å². The van der Waals surface area contributed by atoms with E-state index in [9.17, 15) is 9.90 Å². The van der Waals surface area contributed by atoms with Gasteiger partial charge in [-0.15, -0.1) is 0 Å². The van der Waals surface area contributed by atoms with Crippen molar-refractivity contribution in [2.45, 2.75) is 39.0 Å². The first-order valence-corrected chi connectivity index (χ1v) is 6.67. The number of pyridine rings is 1. The molecule has 0 aliphatic heterocycles. The number of carbonyl (C=O) groups excluding carboxylic acids is 1. The van der Waals surface area contributed by atoms with E-state index in [2.05, 4.69) is 18.8 Å². The predicted molar refractivity (Wildman–Crippen MR) is 77.3 cm³/mol. The monoisotopic (exact) mass is 281 g/mol. The van der Waals surface area contributed by atoms with Crippen LogP contribution in [0.25, 0.3) is 0 Å². The fraction of sp³-hybridized carbons (Fsp3) is 0.571. The normalized spacial score (nSPS) is 13.9. The Labute approximate surface area is 119 Å². The first kappa shape index (κ1) is 16.4. The summed E-state index contributed by atoms with van der Waals surface area (Å²) in [5.74, 6) is 0.170. The maximum absolute atomic E-state index is 11.5. The van der Waals surface area contributed by atoms with Gasteiger partial charge < -0.3 is 20.5 Å². The van der Waals surface area contributed by atoms with Crippen molar-refractivity contribution >= 4 is 11.8 Å². The molecule has 1 aromatic heterocycles. The third-order valence-electron chi connectivity index (χ3n) is 3.15. The van der Waals surface area contributed by atoms with Crippen LogP contribution in [-0.4, -0.2) is 41.8 Å². The number of aromatic nitrogens is 1. The molecular formula is C14H23N3O3. The number of aliphatic hydroxyl groups excluding tert-OH is 1. The Kier molecular flexibility index (Phi) is 5.91. The van der Waals surface area contributed by atoms with Crippen molar-refractivity contribution in [3.05, 3.63) is 23.9 Å². The van der Waals surface area contributed by atoms with Crippen molar-refractivity contribution in [2.24, 2.45) is 5.73 Å². The van der Waals surface area contributed by atoms with Gasteiger partial charge in [-0.05, 0) is 26.8 Å². The van der Waals surface area contributed by atoms with Gasteiger partial charge in [0.25, 0.3) is 0 Å². The number of hydrogen-bond acceptors (Lipinski definition) is 6. The van der Waals surface area contributed by atoms with E-state index in [1.807, 2.05) is 11.9 Å². The highest BCUT2D eigenvalue weighted by Gasteiger charge is 2.25. The van der Waals surface area contributed by atoms with Gasteiger partial charge in [-0.3, -0.25) is 4.79 Å². The summed E-state index contributed by atoms with van der Waals surface area (Å²) in [4.78, 5) is 17.8. The van der Waals surface area contributed by atoms with Crippen LogP contribution in [0.4, 0.5) is 5.82 Å². The van der Waals surface area contributed by atoms with Crippen LogP contribution in [0.1, 0.15) is 32.4 Å². The summed E-state index contributed by atoms with van der Waals surface area (Å²) in [5, 5.41) is 10.0. The maximum Gasteiger partial charge on any atom is 0.325 e. The Bertz CT molecular complexity index is 434. The summed E-state index contributed by atoms with van der Waals surface area (Å²) >= 11 is 0. The van der Waals surface area contributed by atoms with Gasteiger partial charge >= 0.3 is 5.97 Å². The Morgan fingerprint density at radius 1 is 1.50 bits per heavy atom. The SMILES string of the molecule is CCOC(=O)[C@H](N)[C@@H](O)c1ccc(N(C)C(C)C)nc1. The van der Waals surface area contributed by atoms with Gasteiger partial charge in [-0.25, -0.2) is 4.98 Å². The van der Waals surface area contributed by atoms with E-state index in [0.29, 0.717) is 11.6 Å². The topological polar surface area (TPSA) is 88.7 Å². The quantitative estimate of drug-likeness (QED) is 0.752. The molecule has 112 valence electrons. The fourth-order valence-corrected chi connectivity index (χ4v) is 1.62. The van der Waals surface area contributed by atoms with E-state index in [-0.39, 0.29) is 6.61 Å². The van der Waals surface area contributed by atoms with E-state index < -0.39 is 18.1 Å². The number of nitrogens with two attached hydrogens (primary N) is 1. The molecule has 3 N–H and O–H groups in total. The van der Waals surface area contributed by atoms with Crippen LogP contribution in [-0.2, 0) is 9.53 Å². The number of hydrogen-bond donors (Lipinski definition) is 2. The Balaban J connectivity index is 2.80. The second-order valence-corrected chi connectivity index (χ2v) is 4.88. The molecule has 0 saturated heterocycles. The summed E-state index contributed by atoms with van der Waals surface area (Å²) in [5.41, 5.74) is 6.15. The average molecular weight is 281 g/mol. The highest BCUT2D eigenvalue weighted by Crippen LogP contribution is 2.19. The van der Waals surface area contributed by atoms with Crippen LogP contribution in [0.15, 0.2) is 18.3 Å². The summed E-state index contributed by atoms with van der Waals surface area (Å²) in [6, 6.07) is 2.71. The highest BCUT2D eigenvalue weighted by atomic mass is 16.5. The van der Waals surface area contributed by atoms with Crippen LogP contribution >= 0.6 is 0 Å². The predicted octanol–water partition coefficient (Wildman–Crippen LogP) is 0.850. The first-order chi connectivity index (χ1) is 9.38. The molecule has 20 heavy (non-hydrogen) atoms. The number of esters is 1. The van der Waals surface area contributed by atoms with E-state index in [1.165, 1.54) is 6.20 Å². The minimum atomic E-state index is -1.13. The molecule has 0 radical (unpaired) electrons. The summed E-state index contributed by atoms with van der Waals surface area (Å²) in [6.45, 7) is 6.03. The molecule has 6 nitrogen and oxygen atoms in total. The lowest BCUT2D eigenvalue weighted by Gasteiger charge is -2.23. The maximum atomic E-state index is 11.5. The standard InChI is InChI=1S/C14H23N3O3/c1-5-20-14(19)12(15)13(18)10-6-7-11(16-8-10)17(4)9(2)3/h6-9,12-13,18H,5,15H2,1-4H3/t12-,13+/m1/s1. The molecule has 1 rings (SSSR count). The van der Waals surface area contributed by atoms with Gasteiger partial charge in [0.1, 0.15) is 18.0 Å². The van der Waals surface area contributed by atoms with E-state index in [4.69, 9.17) is 10.5 Å². The third-order valence-corrected chi connectivity index (χ3v) is 3.15. The lowest BCUT2D eigenvalue weighted by atomic mass is 10.1. The number of anilines is 1. The number of carbonyl (C=O) groups is 1. The smallest absolute Gasteiger partial charge is 0.325 e. The van der Waals surface area contributed by atoms with Crippen molar-refractivity contribution in [3.63, 3.8) is 0 Å². The summed E-state index contributed by atoms with van der Waals surface area (Å²) in [7, 11) is 1.94. The second kappa shape index (κ2) is 7.21. The molecule has 0 spiro atoms. The van der Waals surface area contributed by atoms with Gasteiger partial charge in [-0.1, -0.05) is 6.07 Å². The Hall–Kier alpha value is -1.66. The summed E-state index contributed by atoms with van der Waals surface area (Å²) < 4.78 is 4.79. The summed E-state index contributed by atoms with van der Waals surface area (Å²) in [6.07, 6.45) is 0.401. The Morgan fingerprint density at radius 2 is 2.15 bits per heavy atom.